The molecular weight excluding hydrogens is 268 g/mol. The van der Waals surface area contributed by atoms with Crippen LogP contribution in [0.1, 0.15) is 33.5 Å². The summed E-state index contributed by atoms with van der Waals surface area (Å²) in [4.78, 5) is 29.9. The first-order chi connectivity index (χ1) is 9.13. The third-order valence-electron chi connectivity index (χ3n) is 2.81. The minimum absolute atomic E-state index is 0.111. The molecule has 104 valence electrons. The minimum Gasteiger partial charge on any atom is -0.464 e. The average molecular weight is 284 g/mol. The Morgan fingerprint density at radius 3 is 2.84 bits per heavy atom. The molecule has 0 amide bonds. The summed E-state index contributed by atoms with van der Waals surface area (Å²) in [5, 5.41) is 0.677. The normalized spacial score (nSPS) is 16.0. The number of rotatable bonds is 3. The molecule has 0 aliphatic carbocycles. The Kier molecular flexibility index (Phi) is 4.49. The third-order valence-corrected chi connectivity index (χ3v) is 4.02. The van der Waals surface area contributed by atoms with Crippen LogP contribution in [0.2, 0.25) is 0 Å². The summed E-state index contributed by atoms with van der Waals surface area (Å²) in [5.74, 6) is -0.742. The van der Waals surface area contributed by atoms with Crippen molar-refractivity contribution in [3.05, 3.63) is 10.6 Å². The van der Waals surface area contributed by atoms with E-state index < -0.39 is 5.97 Å². The summed E-state index contributed by atoms with van der Waals surface area (Å²) in [7, 11) is 1.28. The molecule has 0 N–H and O–H groups in total. The van der Waals surface area contributed by atoms with Crippen LogP contribution in [0.5, 0.6) is 0 Å². The van der Waals surface area contributed by atoms with E-state index in [-0.39, 0.29) is 11.5 Å². The smallest absolute Gasteiger partial charge is 0.358 e. The molecular formula is C12H16N2O4S. The summed E-state index contributed by atoms with van der Waals surface area (Å²) >= 11 is 1.24. The van der Waals surface area contributed by atoms with Crippen molar-refractivity contribution >= 4 is 28.2 Å². The van der Waals surface area contributed by atoms with Gasteiger partial charge in [-0.3, -0.25) is 4.79 Å². The van der Waals surface area contributed by atoms with Gasteiger partial charge in [0, 0.05) is 26.6 Å². The zero-order chi connectivity index (χ0) is 13.8. The highest BCUT2D eigenvalue weighted by Crippen LogP contribution is 2.28. The number of carbonyl (C=O) groups is 2. The van der Waals surface area contributed by atoms with E-state index in [0.717, 1.165) is 19.6 Å². The molecule has 19 heavy (non-hydrogen) atoms. The molecule has 1 aromatic rings. The van der Waals surface area contributed by atoms with Crippen LogP contribution in [0.4, 0.5) is 5.13 Å². The van der Waals surface area contributed by atoms with E-state index in [0.29, 0.717) is 23.2 Å². The quantitative estimate of drug-likeness (QED) is 0.616. The number of ketones is 1. The van der Waals surface area contributed by atoms with E-state index in [1.54, 1.807) is 0 Å². The second kappa shape index (κ2) is 6.12. The van der Waals surface area contributed by atoms with Crippen LogP contribution in [0, 0.1) is 0 Å². The van der Waals surface area contributed by atoms with Crippen molar-refractivity contribution in [1.29, 1.82) is 0 Å². The lowest BCUT2D eigenvalue weighted by atomic mass is 10.3. The molecule has 1 aromatic heterocycles. The SMILES string of the molecule is COC(=O)c1nc(N2CCCOCC2)sc1C(C)=O. The van der Waals surface area contributed by atoms with Crippen LogP contribution >= 0.6 is 11.3 Å². The number of thiazole rings is 1. The number of esters is 1. The number of Topliss-reactive ketones (excluding diaryl/α,β-unsaturated/α-hetero) is 1. The molecule has 1 aliphatic rings. The van der Waals surface area contributed by atoms with E-state index in [1.807, 2.05) is 4.90 Å². The molecule has 2 rings (SSSR count). The molecule has 0 aromatic carbocycles. The van der Waals surface area contributed by atoms with Gasteiger partial charge in [0.15, 0.2) is 16.6 Å². The highest BCUT2D eigenvalue weighted by Gasteiger charge is 2.24. The number of carbonyl (C=O) groups excluding carboxylic acids is 2. The third kappa shape index (κ3) is 3.10. The predicted molar refractivity (Wildman–Crippen MR) is 71.1 cm³/mol. The molecule has 2 heterocycles. The number of ether oxygens (including phenoxy) is 2. The molecule has 6 nitrogen and oxygen atoms in total. The summed E-state index contributed by atoms with van der Waals surface area (Å²) < 4.78 is 10.0. The second-order valence-electron chi connectivity index (χ2n) is 4.17. The van der Waals surface area contributed by atoms with Crippen LogP contribution in [0.3, 0.4) is 0 Å². The first-order valence-electron chi connectivity index (χ1n) is 6.06. The Bertz CT molecular complexity index is 478. The van der Waals surface area contributed by atoms with Gasteiger partial charge in [-0.25, -0.2) is 9.78 Å². The zero-order valence-electron chi connectivity index (χ0n) is 11.0. The van der Waals surface area contributed by atoms with Crippen molar-refractivity contribution < 1.29 is 19.1 Å². The van der Waals surface area contributed by atoms with Crippen LogP contribution < -0.4 is 4.90 Å². The van der Waals surface area contributed by atoms with Gasteiger partial charge in [0.05, 0.1) is 13.7 Å². The molecule has 0 spiro atoms. The van der Waals surface area contributed by atoms with Crippen molar-refractivity contribution in [2.24, 2.45) is 0 Å². The molecule has 0 unspecified atom stereocenters. The molecule has 0 radical (unpaired) electrons. The van der Waals surface area contributed by atoms with Crippen LogP contribution in [0.15, 0.2) is 0 Å². The number of hydrogen-bond donors (Lipinski definition) is 0. The van der Waals surface area contributed by atoms with Crippen LogP contribution in [-0.2, 0) is 9.47 Å². The molecule has 1 fully saturated rings. The minimum atomic E-state index is -0.571. The average Bonchev–Trinajstić information content (AvgIpc) is 2.67. The lowest BCUT2D eigenvalue weighted by Crippen LogP contribution is -2.25. The van der Waals surface area contributed by atoms with Gasteiger partial charge in [0.25, 0.3) is 0 Å². The predicted octanol–water partition coefficient (Wildman–Crippen LogP) is 1.36. The monoisotopic (exact) mass is 284 g/mol. The number of methoxy groups -OCH3 is 1. The van der Waals surface area contributed by atoms with E-state index >= 15 is 0 Å². The van der Waals surface area contributed by atoms with Crippen molar-refractivity contribution in [2.45, 2.75) is 13.3 Å². The van der Waals surface area contributed by atoms with Gasteiger partial charge in [-0.15, -0.1) is 0 Å². The van der Waals surface area contributed by atoms with Gasteiger partial charge in [-0.2, -0.15) is 0 Å². The Labute approximate surface area is 115 Å². The van der Waals surface area contributed by atoms with Gasteiger partial charge in [-0.05, 0) is 6.42 Å². The maximum absolute atomic E-state index is 11.6. The highest BCUT2D eigenvalue weighted by atomic mass is 32.1. The van der Waals surface area contributed by atoms with Crippen LogP contribution in [-0.4, -0.2) is 50.1 Å². The number of nitrogens with zero attached hydrogens (tertiary/aromatic N) is 2. The Morgan fingerprint density at radius 1 is 1.37 bits per heavy atom. The number of anilines is 1. The lowest BCUT2D eigenvalue weighted by Gasteiger charge is -2.17. The standard InChI is InChI=1S/C12H16N2O4S/c1-8(15)10-9(11(16)17-2)13-12(19-10)14-4-3-6-18-7-5-14/h3-7H2,1-2H3. The lowest BCUT2D eigenvalue weighted by molar-refractivity contribution is 0.0591. The van der Waals surface area contributed by atoms with E-state index in [1.165, 1.54) is 25.4 Å². The second-order valence-corrected chi connectivity index (χ2v) is 5.15. The topological polar surface area (TPSA) is 68.7 Å². The fourth-order valence-electron chi connectivity index (χ4n) is 1.86. The highest BCUT2D eigenvalue weighted by molar-refractivity contribution is 7.17. The molecule has 0 bridgehead atoms. The van der Waals surface area contributed by atoms with E-state index in [9.17, 15) is 9.59 Å². The molecule has 0 atom stereocenters. The van der Waals surface area contributed by atoms with E-state index in [2.05, 4.69) is 9.72 Å². The fraction of sp³-hybridized carbons (Fsp3) is 0.583. The van der Waals surface area contributed by atoms with Crippen molar-refractivity contribution in [1.82, 2.24) is 4.98 Å². The summed E-state index contributed by atoms with van der Waals surface area (Å²) in [6.45, 7) is 4.31. The maximum atomic E-state index is 11.6. The van der Waals surface area contributed by atoms with Gasteiger partial charge in [0.2, 0.25) is 0 Å². The van der Waals surface area contributed by atoms with Crippen LogP contribution in [0.25, 0.3) is 0 Å². The van der Waals surface area contributed by atoms with Gasteiger partial charge >= 0.3 is 5.97 Å². The fourth-order valence-corrected chi connectivity index (χ4v) is 2.86. The van der Waals surface area contributed by atoms with Crippen molar-refractivity contribution in [3.8, 4) is 0 Å². The first kappa shape index (κ1) is 14.0. The number of aromatic nitrogens is 1. The van der Waals surface area contributed by atoms with Gasteiger partial charge < -0.3 is 14.4 Å². The summed E-state index contributed by atoms with van der Waals surface area (Å²) in [5.41, 5.74) is 0.111. The van der Waals surface area contributed by atoms with E-state index in [4.69, 9.17) is 4.74 Å². The van der Waals surface area contributed by atoms with Crippen molar-refractivity contribution in [3.63, 3.8) is 0 Å². The molecule has 1 aliphatic heterocycles. The van der Waals surface area contributed by atoms with Crippen molar-refractivity contribution in [2.75, 3.05) is 38.3 Å². The van der Waals surface area contributed by atoms with Gasteiger partial charge in [-0.1, -0.05) is 11.3 Å². The number of hydrogen-bond acceptors (Lipinski definition) is 7. The largest absolute Gasteiger partial charge is 0.464 e. The Hall–Kier alpha value is -1.47. The Balaban J connectivity index is 2.30. The molecule has 0 saturated carbocycles. The summed E-state index contributed by atoms with van der Waals surface area (Å²) in [6, 6.07) is 0. The molecule has 1 saturated heterocycles. The zero-order valence-corrected chi connectivity index (χ0v) is 11.8. The maximum Gasteiger partial charge on any atom is 0.358 e. The summed E-state index contributed by atoms with van der Waals surface area (Å²) in [6.07, 6.45) is 0.905. The first-order valence-corrected chi connectivity index (χ1v) is 6.88. The molecule has 7 heteroatoms. The Morgan fingerprint density at radius 2 is 2.16 bits per heavy atom. The van der Waals surface area contributed by atoms with Gasteiger partial charge in [0.1, 0.15) is 4.88 Å².